The standard InChI is InChI=1S/C10H13N3O4S/c11-8-5-2-6-9(10(8)13(14)15)18(16,17)12-7-3-1-4-7/h2,5-7,12H,1,3-4,11H2. The Hall–Kier alpha value is -1.67. The van der Waals surface area contributed by atoms with E-state index in [0.717, 1.165) is 19.3 Å². The van der Waals surface area contributed by atoms with E-state index in [1.54, 1.807) is 0 Å². The van der Waals surface area contributed by atoms with Gasteiger partial charge in [0.25, 0.3) is 0 Å². The molecule has 1 aliphatic carbocycles. The van der Waals surface area contributed by atoms with E-state index in [4.69, 9.17) is 5.73 Å². The van der Waals surface area contributed by atoms with Crippen LogP contribution in [0.2, 0.25) is 0 Å². The highest BCUT2D eigenvalue weighted by Crippen LogP contribution is 2.30. The highest BCUT2D eigenvalue weighted by Gasteiger charge is 2.31. The molecule has 7 nitrogen and oxygen atoms in total. The third-order valence-corrected chi connectivity index (χ3v) is 4.48. The molecule has 0 spiro atoms. The number of nitro groups is 1. The van der Waals surface area contributed by atoms with Crippen molar-refractivity contribution in [2.24, 2.45) is 0 Å². The highest BCUT2D eigenvalue weighted by molar-refractivity contribution is 7.89. The van der Waals surface area contributed by atoms with E-state index >= 15 is 0 Å². The predicted molar refractivity (Wildman–Crippen MR) is 65.5 cm³/mol. The van der Waals surface area contributed by atoms with Gasteiger partial charge in [-0.05, 0) is 25.0 Å². The van der Waals surface area contributed by atoms with Gasteiger partial charge in [-0.3, -0.25) is 10.1 Å². The van der Waals surface area contributed by atoms with Crippen molar-refractivity contribution < 1.29 is 13.3 Å². The maximum absolute atomic E-state index is 12.0. The molecule has 3 N–H and O–H groups in total. The van der Waals surface area contributed by atoms with Crippen LogP contribution in [0.5, 0.6) is 0 Å². The van der Waals surface area contributed by atoms with Crippen molar-refractivity contribution >= 4 is 21.4 Å². The first-order valence-corrected chi connectivity index (χ1v) is 6.95. The predicted octanol–water partition coefficient (Wildman–Crippen LogP) is 1.01. The zero-order valence-electron chi connectivity index (χ0n) is 9.50. The van der Waals surface area contributed by atoms with E-state index in [9.17, 15) is 18.5 Å². The van der Waals surface area contributed by atoms with Crippen molar-refractivity contribution in [3.05, 3.63) is 28.3 Å². The van der Waals surface area contributed by atoms with E-state index in [0.29, 0.717) is 0 Å². The maximum atomic E-state index is 12.0. The number of anilines is 1. The molecule has 98 valence electrons. The fourth-order valence-electron chi connectivity index (χ4n) is 1.76. The van der Waals surface area contributed by atoms with Crippen LogP contribution in [-0.4, -0.2) is 19.4 Å². The fourth-order valence-corrected chi connectivity index (χ4v) is 3.27. The first-order chi connectivity index (χ1) is 8.42. The number of hydrogen-bond acceptors (Lipinski definition) is 5. The van der Waals surface area contributed by atoms with Crippen LogP contribution in [0.25, 0.3) is 0 Å². The number of nitrogens with one attached hydrogen (secondary N) is 1. The summed E-state index contributed by atoms with van der Waals surface area (Å²) in [5.41, 5.74) is 4.74. The summed E-state index contributed by atoms with van der Waals surface area (Å²) in [6, 6.07) is 3.75. The number of nitrogens with zero attached hydrogens (tertiary/aromatic N) is 1. The Bertz CT molecular complexity index is 581. The first-order valence-electron chi connectivity index (χ1n) is 5.47. The number of sulfonamides is 1. The lowest BCUT2D eigenvalue weighted by molar-refractivity contribution is -0.386. The van der Waals surface area contributed by atoms with Gasteiger partial charge >= 0.3 is 5.69 Å². The van der Waals surface area contributed by atoms with Gasteiger partial charge in [-0.1, -0.05) is 12.5 Å². The molecular weight excluding hydrogens is 258 g/mol. The molecule has 0 saturated heterocycles. The summed E-state index contributed by atoms with van der Waals surface area (Å²) in [5, 5.41) is 10.9. The number of nitrogen functional groups attached to an aromatic ring is 1. The number of nitrogens with two attached hydrogens (primary N) is 1. The normalized spacial score (nSPS) is 16.2. The SMILES string of the molecule is Nc1cccc(S(=O)(=O)NC2CCC2)c1[N+](=O)[O-]. The molecule has 1 aromatic rings. The molecule has 1 saturated carbocycles. The van der Waals surface area contributed by atoms with Gasteiger partial charge in [0, 0.05) is 6.04 Å². The van der Waals surface area contributed by atoms with Crippen LogP contribution in [0.3, 0.4) is 0 Å². The van der Waals surface area contributed by atoms with E-state index < -0.39 is 20.6 Å². The van der Waals surface area contributed by atoms with Crippen LogP contribution in [0, 0.1) is 10.1 Å². The van der Waals surface area contributed by atoms with Gasteiger partial charge in [0.05, 0.1) is 4.92 Å². The Morgan fingerprint density at radius 3 is 2.56 bits per heavy atom. The maximum Gasteiger partial charge on any atom is 0.312 e. The second kappa shape index (κ2) is 4.54. The quantitative estimate of drug-likeness (QED) is 0.481. The van der Waals surface area contributed by atoms with Crippen LogP contribution >= 0.6 is 0 Å². The molecule has 0 aromatic heterocycles. The van der Waals surface area contributed by atoms with Gasteiger partial charge in [0.1, 0.15) is 5.69 Å². The molecule has 1 aliphatic rings. The number of para-hydroxylation sites is 1. The van der Waals surface area contributed by atoms with Gasteiger partial charge in [-0.25, -0.2) is 13.1 Å². The third kappa shape index (κ3) is 2.29. The lowest BCUT2D eigenvalue weighted by Crippen LogP contribution is -2.39. The zero-order chi connectivity index (χ0) is 13.3. The Labute approximate surface area is 104 Å². The Morgan fingerprint density at radius 2 is 2.06 bits per heavy atom. The van der Waals surface area contributed by atoms with Crippen LogP contribution in [0.1, 0.15) is 19.3 Å². The molecule has 1 fully saturated rings. The molecule has 0 radical (unpaired) electrons. The average Bonchev–Trinajstić information content (AvgIpc) is 2.23. The van der Waals surface area contributed by atoms with Crippen molar-refractivity contribution in [1.29, 1.82) is 0 Å². The number of rotatable bonds is 4. The molecule has 2 rings (SSSR count). The second-order valence-electron chi connectivity index (χ2n) is 4.20. The summed E-state index contributed by atoms with van der Waals surface area (Å²) in [4.78, 5) is 9.74. The number of hydrogen-bond donors (Lipinski definition) is 2. The molecule has 1 aromatic carbocycles. The molecule has 0 aliphatic heterocycles. The summed E-state index contributed by atoms with van der Waals surface area (Å²) in [7, 11) is -3.89. The molecule has 0 bridgehead atoms. The van der Waals surface area contributed by atoms with Crippen molar-refractivity contribution in [2.75, 3.05) is 5.73 Å². The topological polar surface area (TPSA) is 115 Å². The minimum Gasteiger partial charge on any atom is -0.393 e. The summed E-state index contributed by atoms with van der Waals surface area (Å²) >= 11 is 0. The Kier molecular flexibility index (Phi) is 3.22. The average molecular weight is 271 g/mol. The van der Waals surface area contributed by atoms with Crippen molar-refractivity contribution in [3.63, 3.8) is 0 Å². The summed E-state index contributed by atoms with van der Waals surface area (Å²) in [5.74, 6) is 0. The molecule has 0 atom stereocenters. The molecule has 18 heavy (non-hydrogen) atoms. The smallest absolute Gasteiger partial charge is 0.312 e. The van der Waals surface area contributed by atoms with Crippen LogP contribution in [-0.2, 0) is 10.0 Å². The minimum atomic E-state index is -3.89. The van der Waals surface area contributed by atoms with Crippen molar-refractivity contribution in [3.8, 4) is 0 Å². The second-order valence-corrected chi connectivity index (χ2v) is 5.88. The van der Waals surface area contributed by atoms with Gasteiger partial charge in [0.15, 0.2) is 4.90 Å². The van der Waals surface area contributed by atoms with Crippen molar-refractivity contribution in [2.45, 2.75) is 30.2 Å². The van der Waals surface area contributed by atoms with Gasteiger partial charge in [-0.2, -0.15) is 0 Å². The Balaban J connectivity index is 2.43. The van der Waals surface area contributed by atoms with Crippen molar-refractivity contribution in [1.82, 2.24) is 4.72 Å². The van der Waals surface area contributed by atoms with E-state index in [-0.39, 0.29) is 16.6 Å². The number of nitro benzene ring substituents is 1. The van der Waals surface area contributed by atoms with Crippen LogP contribution < -0.4 is 10.5 Å². The zero-order valence-corrected chi connectivity index (χ0v) is 10.3. The lowest BCUT2D eigenvalue weighted by Gasteiger charge is -2.25. The lowest BCUT2D eigenvalue weighted by atomic mass is 9.94. The highest BCUT2D eigenvalue weighted by atomic mass is 32.2. The summed E-state index contributed by atoms with van der Waals surface area (Å²) in [6.07, 6.45) is 2.48. The van der Waals surface area contributed by atoms with Crippen LogP contribution in [0.4, 0.5) is 11.4 Å². The molecule has 8 heteroatoms. The monoisotopic (exact) mass is 271 g/mol. The van der Waals surface area contributed by atoms with Gasteiger partial charge in [0.2, 0.25) is 10.0 Å². The number of benzene rings is 1. The van der Waals surface area contributed by atoms with E-state index in [1.807, 2.05) is 0 Å². The molecule has 0 amide bonds. The van der Waals surface area contributed by atoms with E-state index in [1.165, 1.54) is 18.2 Å². The van der Waals surface area contributed by atoms with E-state index in [2.05, 4.69) is 4.72 Å². The minimum absolute atomic E-state index is 0.129. The van der Waals surface area contributed by atoms with Crippen LogP contribution in [0.15, 0.2) is 23.1 Å². The first kappa shape index (κ1) is 12.8. The van der Waals surface area contributed by atoms with Gasteiger partial charge < -0.3 is 5.73 Å². The molecule has 0 unspecified atom stereocenters. The van der Waals surface area contributed by atoms with Gasteiger partial charge in [-0.15, -0.1) is 0 Å². The largest absolute Gasteiger partial charge is 0.393 e. The fraction of sp³-hybridized carbons (Fsp3) is 0.400. The summed E-state index contributed by atoms with van der Waals surface area (Å²) < 4.78 is 26.5. The third-order valence-electron chi connectivity index (χ3n) is 2.93. The Morgan fingerprint density at radius 1 is 1.39 bits per heavy atom. The summed E-state index contributed by atoms with van der Waals surface area (Å²) in [6.45, 7) is 0. The molecule has 0 heterocycles. The molecular formula is C10H13N3O4S.